The first kappa shape index (κ1) is 15.8. The Morgan fingerprint density at radius 2 is 2.13 bits per heavy atom. The molecule has 23 heavy (non-hydrogen) atoms. The molecule has 2 N–H and O–H groups in total. The second kappa shape index (κ2) is 5.53. The number of nitrogens with two attached hydrogens (primary N) is 1. The topological polar surface area (TPSA) is 72.9 Å². The zero-order valence-electron chi connectivity index (χ0n) is 14.2. The van der Waals surface area contributed by atoms with Gasteiger partial charge in [0.05, 0.1) is 11.4 Å². The highest BCUT2D eigenvalue weighted by Crippen LogP contribution is 2.41. The predicted molar refractivity (Wildman–Crippen MR) is 89.7 cm³/mol. The third kappa shape index (κ3) is 3.32. The molecule has 2 aromatic heterocycles. The molecule has 2 aromatic rings. The fourth-order valence-corrected chi connectivity index (χ4v) is 2.57. The van der Waals surface area contributed by atoms with E-state index in [0.29, 0.717) is 12.5 Å². The minimum absolute atomic E-state index is 0.371. The molecule has 124 valence electrons. The standard InChI is InChI=1S/C17H24N4O2/c1-17(2,3)23-16(22)20(4)14-7-12(11-5-6-11)9-21-10-13(8-18)19-15(14)21/h7,9-11H,5-6,8,18H2,1-4H3. The Labute approximate surface area is 136 Å². The number of nitrogens with zero attached hydrogens (tertiary/aromatic N) is 3. The molecule has 1 fully saturated rings. The summed E-state index contributed by atoms with van der Waals surface area (Å²) in [4.78, 5) is 18.5. The van der Waals surface area contributed by atoms with E-state index in [1.807, 2.05) is 37.4 Å². The van der Waals surface area contributed by atoms with Crippen LogP contribution in [0.3, 0.4) is 0 Å². The van der Waals surface area contributed by atoms with Crippen molar-refractivity contribution in [1.29, 1.82) is 0 Å². The van der Waals surface area contributed by atoms with E-state index in [1.165, 1.54) is 23.3 Å². The maximum atomic E-state index is 12.4. The van der Waals surface area contributed by atoms with Gasteiger partial charge in [-0.05, 0) is 51.2 Å². The quantitative estimate of drug-likeness (QED) is 0.944. The molecular weight excluding hydrogens is 292 g/mol. The van der Waals surface area contributed by atoms with Crippen molar-refractivity contribution in [3.63, 3.8) is 0 Å². The molecule has 1 aliphatic rings. The van der Waals surface area contributed by atoms with Gasteiger partial charge in [0.25, 0.3) is 0 Å². The zero-order valence-corrected chi connectivity index (χ0v) is 14.2. The number of hydrogen-bond donors (Lipinski definition) is 1. The first-order chi connectivity index (χ1) is 10.8. The number of amides is 1. The van der Waals surface area contributed by atoms with Crippen LogP contribution in [0.15, 0.2) is 18.5 Å². The highest BCUT2D eigenvalue weighted by molar-refractivity contribution is 5.92. The SMILES string of the molecule is CN(C(=O)OC(C)(C)C)c1cc(C2CC2)cn2cc(CN)nc12. The minimum atomic E-state index is -0.534. The Morgan fingerprint density at radius 1 is 1.43 bits per heavy atom. The van der Waals surface area contributed by atoms with Crippen LogP contribution in [0.1, 0.15) is 50.8 Å². The molecule has 0 unspecified atom stereocenters. The molecule has 6 nitrogen and oxygen atoms in total. The Balaban J connectivity index is 2.03. The molecule has 0 radical (unpaired) electrons. The normalized spacial score (nSPS) is 15.0. The van der Waals surface area contributed by atoms with Gasteiger partial charge in [0.15, 0.2) is 5.65 Å². The molecular formula is C17H24N4O2. The number of fused-ring (bicyclic) bond motifs is 1. The van der Waals surface area contributed by atoms with Crippen LogP contribution >= 0.6 is 0 Å². The second-order valence-corrected chi connectivity index (χ2v) is 7.14. The molecule has 0 aliphatic heterocycles. The first-order valence-electron chi connectivity index (χ1n) is 7.97. The number of aromatic nitrogens is 2. The monoisotopic (exact) mass is 316 g/mol. The van der Waals surface area contributed by atoms with Crippen LogP contribution in [0.2, 0.25) is 0 Å². The first-order valence-corrected chi connectivity index (χ1v) is 7.97. The summed E-state index contributed by atoms with van der Waals surface area (Å²) < 4.78 is 7.44. The summed E-state index contributed by atoms with van der Waals surface area (Å²) >= 11 is 0. The lowest BCUT2D eigenvalue weighted by Gasteiger charge is -2.25. The van der Waals surface area contributed by atoms with Crippen molar-refractivity contribution >= 4 is 17.4 Å². The van der Waals surface area contributed by atoms with Gasteiger partial charge in [-0.25, -0.2) is 9.78 Å². The van der Waals surface area contributed by atoms with Gasteiger partial charge in [0.1, 0.15) is 5.60 Å². The van der Waals surface area contributed by atoms with Crippen molar-refractivity contribution in [3.8, 4) is 0 Å². The maximum absolute atomic E-state index is 12.4. The fourth-order valence-electron chi connectivity index (χ4n) is 2.57. The number of hydrogen-bond acceptors (Lipinski definition) is 4. The van der Waals surface area contributed by atoms with Gasteiger partial charge in [-0.3, -0.25) is 4.90 Å². The lowest BCUT2D eigenvalue weighted by atomic mass is 10.1. The molecule has 0 saturated heterocycles. The lowest BCUT2D eigenvalue weighted by Crippen LogP contribution is -2.34. The number of pyridine rings is 1. The number of rotatable bonds is 3. The summed E-state index contributed by atoms with van der Waals surface area (Å²) in [5, 5.41) is 0. The highest BCUT2D eigenvalue weighted by Gasteiger charge is 2.28. The van der Waals surface area contributed by atoms with Gasteiger partial charge in [-0.1, -0.05) is 0 Å². The summed E-state index contributed by atoms with van der Waals surface area (Å²) in [7, 11) is 1.72. The Morgan fingerprint density at radius 3 is 2.70 bits per heavy atom. The van der Waals surface area contributed by atoms with E-state index in [-0.39, 0.29) is 6.09 Å². The molecule has 1 aliphatic carbocycles. The van der Waals surface area contributed by atoms with Gasteiger partial charge in [-0.15, -0.1) is 0 Å². The Bertz CT molecular complexity index is 741. The molecule has 0 atom stereocenters. The van der Waals surface area contributed by atoms with Crippen LogP contribution in [-0.2, 0) is 11.3 Å². The highest BCUT2D eigenvalue weighted by atomic mass is 16.6. The zero-order chi connectivity index (χ0) is 16.8. The molecule has 0 aromatic carbocycles. The van der Waals surface area contributed by atoms with Gasteiger partial charge >= 0.3 is 6.09 Å². The van der Waals surface area contributed by atoms with Crippen LogP contribution in [0.5, 0.6) is 0 Å². The Hall–Kier alpha value is -2.08. The number of carbonyl (C=O) groups is 1. The summed E-state index contributed by atoms with van der Waals surface area (Å²) in [6.45, 7) is 5.95. The van der Waals surface area contributed by atoms with Crippen LogP contribution in [0, 0.1) is 0 Å². The average molecular weight is 316 g/mol. The van der Waals surface area contributed by atoms with E-state index in [9.17, 15) is 4.79 Å². The number of carbonyl (C=O) groups excluding carboxylic acids is 1. The lowest BCUT2D eigenvalue weighted by molar-refractivity contribution is 0.0589. The van der Waals surface area contributed by atoms with E-state index in [1.54, 1.807) is 7.05 Å². The summed E-state index contributed by atoms with van der Waals surface area (Å²) in [5.41, 5.74) is 8.68. The summed E-state index contributed by atoms with van der Waals surface area (Å²) in [5.74, 6) is 0.578. The van der Waals surface area contributed by atoms with Crippen LogP contribution in [0.25, 0.3) is 5.65 Å². The number of imidazole rings is 1. The molecule has 1 saturated carbocycles. The van der Waals surface area contributed by atoms with E-state index in [0.717, 1.165) is 17.0 Å². The van der Waals surface area contributed by atoms with E-state index >= 15 is 0 Å². The van der Waals surface area contributed by atoms with Crippen LogP contribution < -0.4 is 10.6 Å². The second-order valence-electron chi connectivity index (χ2n) is 7.14. The third-order valence-corrected chi connectivity index (χ3v) is 3.89. The molecule has 1 amide bonds. The van der Waals surface area contributed by atoms with Gasteiger partial charge in [0, 0.05) is 26.0 Å². The van der Waals surface area contributed by atoms with Gasteiger partial charge in [-0.2, -0.15) is 0 Å². The van der Waals surface area contributed by atoms with Crippen molar-refractivity contribution < 1.29 is 9.53 Å². The predicted octanol–water partition coefficient (Wildman–Crippen LogP) is 3.04. The summed E-state index contributed by atoms with van der Waals surface area (Å²) in [6.07, 6.45) is 6.02. The van der Waals surface area contributed by atoms with Crippen molar-refractivity contribution in [2.75, 3.05) is 11.9 Å². The Kier molecular flexibility index (Phi) is 3.80. The average Bonchev–Trinajstić information content (AvgIpc) is 3.23. The molecule has 0 spiro atoms. The smallest absolute Gasteiger partial charge is 0.414 e. The van der Waals surface area contributed by atoms with Crippen molar-refractivity contribution in [1.82, 2.24) is 9.38 Å². The third-order valence-electron chi connectivity index (χ3n) is 3.89. The largest absolute Gasteiger partial charge is 0.443 e. The summed E-state index contributed by atoms with van der Waals surface area (Å²) in [6, 6.07) is 2.05. The van der Waals surface area contributed by atoms with Crippen molar-refractivity contribution in [3.05, 3.63) is 29.7 Å². The van der Waals surface area contributed by atoms with Crippen LogP contribution in [-0.4, -0.2) is 28.1 Å². The van der Waals surface area contributed by atoms with Gasteiger partial charge < -0.3 is 14.9 Å². The van der Waals surface area contributed by atoms with E-state index < -0.39 is 5.60 Å². The van der Waals surface area contributed by atoms with E-state index in [4.69, 9.17) is 10.5 Å². The maximum Gasteiger partial charge on any atom is 0.414 e. The molecule has 2 heterocycles. The molecule has 0 bridgehead atoms. The van der Waals surface area contributed by atoms with Crippen molar-refractivity contribution in [2.24, 2.45) is 5.73 Å². The molecule has 6 heteroatoms. The van der Waals surface area contributed by atoms with E-state index in [2.05, 4.69) is 11.2 Å². The fraction of sp³-hybridized carbons (Fsp3) is 0.529. The molecule has 3 rings (SSSR count). The minimum Gasteiger partial charge on any atom is -0.443 e. The van der Waals surface area contributed by atoms with Crippen molar-refractivity contribution in [2.45, 2.75) is 51.7 Å². The number of anilines is 1. The van der Waals surface area contributed by atoms with Crippen LogP contribution in [0.4, 0.5) is 10.5 Å². The number of ether oxygens (including phenoxy) is 1. The van der Waals surface area contributed by atoms with Gasteiger partial charge in [0.2, 0.25) is 0 Å².